The first-order valence-electron chi connectivity index (χ1n) is 14.3. The van der Waals surface area contributed by atoms with Crippen LogP contribution < -0.4 is 4.90 Å². The summed E-state index contributed by atoms with van der Waals surface area (Å²) in [6.07, 6.45) is -1.94. The van der Waals surface area contributed by atoms with Gasteiger partial charge >= 0.3 is 18.2 Å². The molecule has 0 radical (unpaired) electrons. The first-order valence-corrected chi connectivity index (χ1v) is 14.3. The van der Waals surface area contributed by atoms with Gasteiger partial charge in [0.1, 0.15) is 31.5 Å². The normalized spacial score (nSPS) is 20.2. The van der Waals surface area contributed by atoms with Gasteiger partial charge < -0.3 is 14.2 Å². The topological polar surface area (TPSA) is 85.4 Å². The predicted octanol–water partition coefficient (Wildman–Crippen LogP) is 6.80. The highest BCUT2D eigenvalue weighted by Gasteiger charge is 2.63. The number of fused-ring (bicyclic) bond motifs is 3. The highest BCUT2D eigenvalue weighted by atomic mass is 16.6. The maximum absolute atomic E-state index is 14.0. The Hall–Kier alpha value is -5.11. The highest BCUT2D eigenvalue weighted by Crippen LogP contribution is 2.54. The largest absolute Gasteiger partial charge is 0.459 e. The van der Waals surface area contributed by atoms with Crippen LogP contribution in [-0.2, 0) is 38.8 Å². The maximum atomic E-state index is 14.0. The number of para-hydroxylation sites is 1. The summed E-state index contributed by atoms with van der Waals surface area (Å²) >= 11 is 0. The van der Waals surface area contributed by atoms with Gasteiger partial charge in [0, 0.05) is 5.92 Å². The van der Waals surface area contributed by atoms with E-state index in [0.29, 0.717) is 5.69 Å². The molecule has 6 rings (SSSR count). The second kappa shape index (κ2) is 12.0. The van der Waals surface area contributed by atoms with Gasteiger partial charge in [-0.25, -0.2) is 14.4 Å². The zero-order chi connectivity index (χ0) is 29.8. The minimum atomic E-state index is -1.41. The molecule has 2 aliphatic heterocycles. The molecule has 2 heterocycles. The summed E-state index contributed by atoms with van der Waals surface area (Å²) in [4.78, 5) is 44.4. The maximum Gasteiger partial charge on any atom is 0.416 e. The summed E-state index contributed by atoms with van der Waals surface area (Å²) < 4.78 is 17.3. The summed E-state index contributed by atoms with van der Waals surface area (Å²) in [6.45, 7) is 1.80. The fourth-order valence-electron chi connectivity index (χ4n) is 5.99. The van der Waals surface area contributed by atoms with Crippen molar-refractivity contribution in [3.8, 4) is 0 Å². The first kappa shape index (κ1) is 28.0. The lowest BCUT2D eigenvalue weighted by Gasteiger charge is -2.38. The third-order valence-corrected chi connectivity index (χ3v) is 8.09. The van der Waals surface area contributed by atoms with Crippen molar-refractivity contribution in [2.24, 2.45) is 0 Å². The van der Waals surface area contributed by atoms with Crippen molar-refractivity contribution in [1.29, 1.82) is 0 Å². The third kappa shape index (κ3) is 5.56. The molecular weight excluding hydrogens is 544 g/mol. The average molecular weight is 577 g/mol. The smallest absolute Gasteiger partial charge is 0.416 e. The van der Waals surface area contributed by atoms with Gasteiger partial charge in [-0.2, -0.15) is 0 Å². The van der Waals surface area contributed by atoms with E-state index < -0.39 is 29.9 Å². The molecule has 0 N–H and O–H groups in total. The Kier molecular flexibility index (Phi) is 7.83. The minimum Gasteiger partial charge on any atom is -0.459 e. The average Bonchev–Trinajstić information content (AvgIpc) is 3.53. The molecule has 4 aromatic rings. The summed E-state index contributed by atoms with van der Waals surface area (Å²) in [7, 11) is 0. The van der Waals surface area contributed by atoms with E-state index in [4.69, 9.17) is 14.2 Å². The van der Waals surface area contributed by atoms with Crippen molar-refractivity contribution in [2.45, 2.75) is 50.8 Å². The van der Waals surface area contributed by atoms with Crippen LogP contribution in [0.4, 0.5) is 15.3 Å². The van der Waals surface area contributed by atoms with Gasteiger partial charge in [-0.1, -0.05) is 109 Å². The molecule has 3 atom stereocenters. The number of ether oxygens (including phenoxy) is 3. The Morgan fingerprint density at radius 2 is 1.12 bits per heavy atom. The number of nitrogens with zero attached hydrogens (tertiary/aromatic N) is 2. The fraction of sp³-hybridized carbons (Fsp3) is 0.229. The van der Waals surface area contributed by atoms with E-state index in [-0.39, 0.29) is 32.2 Å². The molecule has 4 aromatic carbocycles. The Morgan fingerprint density at radius 1 is 0.651 bits per heavy atom. The van der Waals surface area contributed by atoms with Gasteiger partial charge in [0.25, 0.3) is 0 Å². The molecule has 1 fully saturated rings. The summed E-state index contributed by atoms with van der Waals surface area (Å²) in [5, 5.41) is 0. The van der Waals surface area contributed by atoms with E-state index in [0.717, 1.165) is 22.3 Å². The molecule has 0 saturated carbocycles. The van der Waals surface area contributed by atoms with Crippen molar-refractivity contribution in [1.82, 2.24) is 4.90 Å². The molecule has 43 heavy (non-hydrogen) atoms. The van der Waals surface area contributed by atoms with E-state index in [1.54, 1.807) is 6.92 Å². The van der Waals surface area contributed by atoms with Crippen LogP contribution in [0.3, 0.4) is 0 Å². The number of benzene rings is 4. The zero-order valence-electron chi connectivity index (χ0n) is 23.8. The lowest BCUT2D eigenvalue weighted by atomic mass is 9.90. The SMILES string of the molecule is C[C@@]1(C(=O)OCc2ccccc2)C[C@@H]2c3ccccc3N(C(=O)OCc3ccccc3)[C@@H]2N1C(=O)OCc1ccccc1. The number of carbonyl (C=O) groups excluding carboxylic acids is 3. The molecule has 218 valence electrons. The number of hydrogen-bond acceptors (Lipinski definition) is 6. The van der Waals surface area contributed by atoms with Crippen molar-refractivity contribution in [3.05, 3.63) is 138 Å². The summed E-state index contributed by atoms with van der Waals surface area (Å²) in [5.74, 6) is -0.934. The number of anilines is 1. The van der Waals surface area contributed by atoms with Crippen molar-refractivity contribution < 1.29 is 28.6 Å². The molecule has 0 unspecified atom stereocenters. The number of hydrogen-bond donors (Lipinski definition) is 0. The Bertz CT molecular complexity index is 1600. The quantitative estimate of drug-likeness (QED) is 0.178. The third-order valence-electron chi connectivity index (χ3n) is 8.09. The van der Waals surface area contributed by atoms with Crippen LogP contribution in [-0.4, -0.2) is 34.8 Å². The zero-order valence-corrected chi connectivity index (χ0v) is 23.8. The molecule has 0 aromatic heterocycles. The molecular formula is C35H32N2O6. The molecule has 0 spiro atoms. The van der Waals surface area contributed by atoms with Crippen LogP contribution in [0.2, 0.25) is 0 Å². The monoisotopic (exact) mass is 576 g/mol. The molecule has 2 aliphatic rings. The lowest BCUT2D eigenvalue weighted by Crippen LogP contribution is -2.59. The molecule has 8 heteroatoms. The van der Waals surface area contributed by atoms with Crippen LogP contribution in [0.1, 0.15) is 41.5 Å². The van der Waals surface area contributed by atoms with Crippen molar-refractivity contribution in [2.75, 3.05) is 4.90 Å². The number of rotatable bonds is 7. The molecule has 2 amide bonds. The number of likely N-dealkylation sites (tertiary alicyclic amines) is 1. The van der Waals surface area contributed by atoms with Gasteiger partial charge in [-0.05, 0) is 41.7 Å². The second-order valence-electron chi connectivity index (χ2n) is 10.9. The lowest BCUT2D eigenvalue weighted by molar-refractivity contribution is -0.157. The van der Waals surface area contributed by atoms with Crippen molar-refractivity contribution >= 4 is 23.8 Å². The number of amides is 2. The van der Waals surface area contributed by atoms with Crippen LogP contribution in [0, 0.1) is 0 Å². The Labute approximate surface area is 250 Å². The summed E-state index contributed by atoms with van der Waals surface area (Å²) in [5.41, 5.74) is 2.53. The van der Waals surface area contributed by atoms with E-state index in [9.17, 15) is 14.4 Å². The van der Waals surface area contributed by atoms with E-state index in [1.165, 1.54) is 9.80 Å². The van der Waals surface area contributed by atoms with Gasteiger partial charge in [-0.15, -0.1) is 0 Å². The Balaban J connectivity index is 1.32. The van der Waals surface area contributed by atoms with Gasteiger partial charge in [0.2, 0.25) is 0 Å². The van der Waals surface area contributed by atoms with Gasteiger partial charge in [0.15, 0.2) is 0 Å². The highest BCUT2D eigenvalue weighted by molar-refractivity contribution is 5.95. The summed E-state index contributed by atoms with van der Waals surface area (Å²) in [6, 6.07) is 35.5. The van der Waals surface area contributed by atoms with E-state index in [2.05, 4.69) is 0 Å². The minimum absolute atomic E-state index is 0.00804. The fourth-order valence-corrected chi connectivity index (χ4v) is 5.99. The van der Waals surface area contributed by atoms with Gasteiger partial charge in [0.05, 0.1) is 5.69 Å². The molecule has 0 bridgehead atoms. The van der Waals surface area contributed by atoms with Crippen LogP contribution in [0.5, 0.6) is 0 Å². The van der Waals surface area contributed by atoms with Crippen molar-refractivity contribution in [3.63, 3.8) is 0 Å². The van der Waals surface area contributed by atoms with Crippen LogP contribution >= 0.6 is 0 Å². The van der Waals surface area contributed by atoms with Crippen LogP contribution in [0.15, 0.2) is 115 Å². The first-order chi connectivity index (χ1) is 21.0. The standard InChI is InChI=1S/C35H32N2O6/c1-35(32(38)41-22-25-13-5-2-6-14-25)21-29-28-19-11-12-20-30(28)36(33(39)42-23-26-15-7-3-8-16-26)31(29)37(35)34(40)43-24-27-17-9-4-10-18-27/h2-20,29,31H,21-24H2,1H3/t29-,31-,35+/m1/s1. The number of carbonyl (C=O) groups is 3. The second-order valence-corrected chi connectivity index (χ2v) is 10.9. The van der Waals surface area contributed by atoms with Crippen LogP contribution in [0.25, 0.3) is 0 Å². The van der Waals surface area contributed by atoms with Gasteiger partial charge in [-0.3, -0.25) is 9.80 Å². The molecule has 1 saturated heterocycles. The molecule has 0 aliphatic carbocycles. The number of esters is 1. The molecule has 8 nitrogen and oxygen atoms in total. The Morgan fingerprint density at radius 3 is 1.67 bits per heavy atom. The predicted molar refractivity (Wildman–Crippen MR) is 160 cm³/mol. The van der Waals surface area contributed by atoms with E-state index >= 15 is 0 Å². The van der Waals surface area contributed by atoms with E-state index in [1.807, 2.05) is 115 Å².